The van der Waals surface area contributed by atoms with E-state index in [9.17, 15) is 14.3 Å². The molecule has 2 aromatic carbocycles. The minimum Gasteiger partial charge on any atom is -0.496 e. The topological polar surface area (TPSA) is 104 Å². The first kappa shape index (κ1) is 22.1. The molecule has 4 aromatic rings. The number of methoxy groups -OCH3 is 1. The molecule has 5 rings (SSSR count). The molecule has 176 valence electrons. The van der Waals surface area contributed by atoms with E-state index in [0.717, 1.165) is 19.3 Å². The van der Waals surface area contributed by atoms with Crippen LogP contribution in [0.1, 0.15) is 35.4 Å². The molecule has 8 nitrogen and oxygen atoms in total. The van der Waals surface area contributed by atoms with E-state index in [4.69, 9.17) is 23.2 Å². The van der Waals surface area contributed by atoms with Gasteiger partial charge >= 0.3 is 5.97 Å². The Kier molecular flexibility index (Phi) is 6.04. The highest BCUT2D eigenvalue weighted by atomic mass is 19.1. The number of aromatic carboxylic acids is 1. The van der Waals surface area contributed by atoms with Crippen LogP contribution in [0.5, 0.6) is 5.75 Å². The van der Waals surface area contributed by atoms with Gasteiger partial charge in [0.1, 0.15) is 40.8 Å². The summed E-state index contributed by atoms with van der Waals surface area (Å²) in [4.78, 5) is 12.1. The molecule has 1 aliphatic heterocycles. The smallest absolute Gasteiger partial charge is 0.340 e. The van der Waals surface area contributed by atoms with Gasteiger partial charge in [0, 0.05) is 29.2 Å². The van der Waals surface area contributed by atoms with E-state index in [1.54, 1.807) is 18.2 Å². The second-order valence-electron chi connectivity index (χ2n) is 7.95. The van der Waals surface area contributed by atoms with Crippen LogP contribution in [0, 0.1) is 5.82 Å². The molecule has 0 spiro atoms. The van der Waals surface area contributed by atoms with Gasteiger partial charge in [-0.2, -0.15) is 0 Å². The minimum absolute atomic E-state index is 0.0341. The summed E-state index contributed by atoms with van der Waals surface area (Å²) in [6, 6.07) is 10.4. The lowest BCUT2D eigenvalue weighted by molar-refractivity contribution is -0.171. The summed E-state index contributed by atoms with van der Waals surface area (Å²) in [7, 11) is 1.48. The maximum atomic E-state index is 13.4. The van der Waals surface area contributed by atoms with Gasteiger partial charge in [-0.05, 0) is 55.7 Å². The van der Waals surface area contributed by atoms with Gasteiger partial charge in [0.05, 0.1) is 7.11 Å². The zero-order valence-electron chi connectivity index (χ0n) is 18.4. The summed E-state index contributed by atoms with van der Waals surface area (Å²) in [5.41, 5.74) is 1.78. The monoisotopic (exact) mass is 467 g/mol. The van der Waals surface area contributed by atoms with Gasteiger partial charge in [-0.25, -0.2) is 9.18 Å². The van der Waals surface area contributed by atoms with E-state index in [-0.39, 0.29) is 24.2 Å². The summed E-state index contributed by atoms with van der Waals surface area (Å²) < 4.78 is 41.6. The zero-order chi connectivity index (χ0) is 23.7. The highest BCUT2D eigenvalue weighted by molar-refractivity contribution is 6.09. The van der Waals surface area contributed by atoms with Gasteiger partial charge in [0.15, 0.2) is 12.1 Å². The largest absolute Gasteiger partial charge is 0.496 e. The fourth-order valence-corrected chi connectivity index (χ4v) is 4.03. The Bertz CT molecular complexity index is 1320. The van der Waals surface area contributed by atoms with E-state index in [2.05, 4.69) is 5.16 Å². The van der Waals surface area contributed by atoms with E-state index < -0.39 is 11.8 Å². The Morgan fingerprint density at radius 1 is 1.21 bits per heavy atom. The molecule has 1 unspecified atom stereocenters. The minimum atomic E-state index is -1.17. The number of rotatable bonds is 7. The molecule has 0 amide bonds. The van der Waals surface area contributed by atoms with Crippen molar-refractivity contribution < 1.29 is 37.4 Å². The lowest BCUT2D eigenvalue weighted by Gasteiger charge is -2.21. The molecule has 0 bridgehead atoms. The van der Waals surface area contributed by atoms with Gasteiger partial charge < -0.3 is 28.3 Å². The van der Waals surface area contributed by atoms with Crippen LogP contribution in [0.15, 0.2) is 51.4 Å². The second-order valence-corrected chi connectivity index (χ2v) is 7.95. The summed E-state index contributed by atoms with van der Waals surface area (Å²) in [5, 5.41) is 14.3. The first-order chi connectivity index (χ1) is 16.5. The number of halogens is 1. The first-order valence-corrected chi connectivity index (χ1v) is 10.9. The molecule has 1 N–H and O–H groups in total. The van der Waals surface area contributed by atoms with Crippen LogP contribution in [0.3, 0.4) is 0 Å². The zero-order valence-corrected chi connectivity index (χ0v) is 18.4. The molecule has 9 heteroatoms. The van der Waals surface area contributed by atoms with Crippen molar-refractivity contribution in [3.63, 3.8) is 0 Å². The highest BCUT2D eigenvalue weighted by Crippen LogP contribution is 2.40. The number of hydrogen-bond donors (Lipinski definition) is 1. The molecule has 1 saturated heterocycles. The summed E-state index contributed by atoms with van der Waals surface area (Å²) in [6.45, 7) is 0.895. The molecule has 34 heavy (non-hydrogen) atoms. The number of ether oxygens (including phenoxy) is 3. The predicted molar refractivity (Wildman–Crippen MR) is 119 cm³/mol. The van der Waals surface area contributed by atoms with Crippen molar-refractivity contribution in [1.29, 1.82) is 0 Å². The number of hydrogen-bond acceptors (Lipinski definition) is 7. The number of carbonyl (C=O) groups is 1. The van der Waals surface area contributed by atoms with E-state index in [1.807, 2.05) is 0 Å². The SMILES string of the molecule is COc1cc2c(C(=O)O)c(-c3ccc(F)cc3)oc2cc1-c1cc(COC2CCCCO2)on1. The number of carboxylic acids is 1. The Hall–Kier alpha value is -3.69. The van der Waals surface area contributed by atoms with Crippen molar-refractivity contribution >= 4 is 16.9 Å². The normalized spacial score (nSPS) is 16.1. The van der Waals surface area contributed by atoms with Crippen LogP contribution in [-0.4, -0.2) is 36.2 Å². The molecule has 1 aliphatic rings. The standard InChI is InChI=1S/C25H22FNO7/c1-30-20-12-18-21(33-24(23(18)25(28)29)14-5-7-15(26)8-6-14)11-17(20)19-10-16(34-27-19)13-32-22-4-2-3-9-31-22/h5-8,10-12,22H,2-4,9,13H2,1H3,(H,28,29). The van der Waals surface area contributed by atoms with E-state index >= 15 is 0 Å². The van der Waals surface area contributed by atoms with Crippen LogP contribution < -0.4 is 4.74 Å². The number of aromatic nitrogens is 1. The van der Waals surface area contributed by atoms with Gasteiger partial charge in [0.25, 0.3) is 0 Å². The van der Waals surface area contributed by atoms with Crippen molar-refractivity contribution in [3.8, 4) is 28.3 Å². The number of carboxylic acid groups (broad SMARTS) is 1. The van der Waals surface area contributed by atoms with Crippen molar-refractivity contribution in [2.45, 2.75) is 32.2 Å². The van der Waals surface area contributed by atoms with Gasteiger partial charge in [-0.15, -0.1) is 0 Å². The Morgan fingerprint density at radius 3 is 2.74 bits per heavy atom. The lowest BCUT2D eigenvalue weighted by Crippen LogP contribution is -2.21. The Morgan fingerprint density at radius 2 is 2.03 bits per heavy atom. The predicted octanol–water partition coefficient (Wildman–Crippen LogP) is 5.64. The van der Waals surface area contributed by atoms with E-state index in [0.29, 0.717) is 45.9 Å². The molecule has 0 radical (unpaired) electrons. The maximum absolute atomic E-state index is 13.4. The van der Waals surface area contributed by atoms with Crippen LogP contribution in [0.2, 0.25) is 0 Å². The van der Waals surface area contributed by atoms with Crippen molar-refractivity contribution in [2.24, 2.45) is 0 Å². The van der Waals surface area contributed by atoms with Crippen molar-refractivity contribution in [2.75, 3.05) is 13.7 Å². The Balaban J connectivity index is 1.50. The summed E-state index contributed by atoms with van der Waals surface area (Å²) in [5.74, 6) is -0.550. The Labute approximate surface area is 193 Å². The molecular weight excluding hydrogens is 445 g/mol. The third kappa shape index (κ3) is 4.27. The molecule has 3 heterocycles. The highest BCUT2D eigenvalue weighted by Gasteiger charge is 2.25. The second kappa shape index (κ2) is 9.28. The molecule has 1 fully saturated rings. The average Bonchev–Trinajstić information content (AvgIpc) is 3.47. The number of nitrogens with zero attached hydrogens (tertiary/aromatic N) is 1. The van der Waals surface area contributed by atoms with Gasteiger partial charge in [0.2, 0.25) is 0 Å². The third-order valence-electron chi connectivity index (χ3n) is 5.71. The molecule has 1 atom stereocenters. The fraction of sp³-hybridized carbons (Fsp3) is 0.280. The van der Waals surface area contributed by atoms with Gasteiger partial charge in [-0.1, -0.05) is 5.16 Å². The number of benzene rings is 2. The average molecular weight is 467 g/mol. The summed E-state index contributed by atoms with van der Waals surface area (Å²) in [6.07, 6.45) is 2.68. The molecule has 0 saturated carbocycles. The third-order valence-corrected chi connectivity index (χ3v) is 5.71. The van der Waals surface area contributed by atoms with Crippen LogP contribution in [0.25, 0.3) is 33.6 Å². The van der Waals surface area contributed by atoms with Crippen LogP contribution in [-0.2, 0) is 16.1 Å². The van der Waals surface area contributed by atoms with Crippen LogP contribution >= 0.6 is 0 Å². The molecular formula is C25H22FNO7. The molecule has 0 aliphatic carbocycles. The fourth-order valence-electron chi connectivity index (χ4n) is 4.03. The quantitative estimate of drug-likeness (QED) is 0.372. The van der Waals surface area contributed by atoms with Crippen LogP contribution in [0.4, 0.5) is 4.39 Å². The summed E-state index contributed by atoms with van der Waals surface area (Å²) >= 11 is 0. The van der Waals surface area contributed by atoms with E-state index in [1.165, 1.54) is 31.4 Å². The first-order valence-electron chi connectivity index (χ1n) is 10.9. The number of fused-ring (bicyclic) bond motifs is 1. The van der Waals surface area contributed by atoms with Gasteiger partial charge in [-0.3, -0.25) is 0 Å². The lowest BCUT2D eigenvalue weighted by atomic mass is 10.0. The number of furan rings is 1. The molecule has 2 aromatic heterocycles. The van der Waals surface area contributed by atoms with Crippen molar-refractivity contribution in [1.82, 2.24) is 5.16 Å². The van der Waals surface area contributed by atoms with Crippen molar-refractivity contribution in [3.05, 3.63) is 59.6 Å². The maximum Gasteiger partial charge on any atom is 0.340 e.